The maximum absolute atomic E-state index is 12.1. The number of rotatable bonds is 6. The number of nitrogens with two attached hydrogens (primary N) is 1. The van der Waals surface area contributed by atoms with E-state index in [0.29, 0.717) is 19.6 Å². The average Bonchev–Trinajstić information content (AvgIpc) is 2.47. The monoisotopic (exact) mass is 340 g/mol. The van der Waals surface area contributed by atoms with Crippen LogP contribution in [0.3, 0.4) is 0 Å². The number of anilines is 1. The van der Waals surface area contributed by atoms with Gasteiger partial charge in [-0.15, -0.1) is 0 Å². The Morgan fingerprint density at radius 1 is 1.35 bits per heavy atom. The molecule has 1 aromatic rings. The smallest absolute Gasteiger partial charge is 0.274 e. The molecular formula is C15H24N4O3S. The van der Waals surface area contributed by atoms with Gasteiger partial charge < -0.3 is 5.32 Å². The Morgan fingerprint density at radius 2 is 2.04 bits per heavy atom. The van der Waals surface area contributed by atoms with Crippen molar-refractivity contribution < 1.29 is 13.2 Å². The third-order valence-corrected chi connectivity index (χ3v) is 4.45. The molecule has 23 heavy (non-hydrogen) atoms. The van der Waals surface area contributed by atoms with E-state index in [2.05, 4.69) is 10.0 Å². The lowest BCUT2D eigenvalue weighted by Gasteiger charge is -2.32. The lowest BCUT2D eigenvalue weighted by Crippen LogP contribution is -2.44. The van der Waals surface area contributed by atoms with Crippen molar-refractivity contribution in [3.63, 3.8) is 0 Å². The van der Waals surface area contributed by atoms with Gasteiger partial charge in [-0.3, -0.25) is 9.69 Å². The van der Waals surface area contributed by atoms with Crippen LogP contribution in [0.5, 0.6) is 0 Å². The summed E-state index contributed by atoms with van der Waals surface area (Å²) in [5.41, 5.74) is 1.93. The first-order chi connectivity index (χ1) is 10.8. The van der Waals surface area contributed by atoms with Crippen LogP contribution >= 0.6 is 0 Å². The molecule has 0 aliphatic carbocycles. The van der Waals surface area contributed by atoms with Crippen molar-refractivity contribution in [1.29, 1.82) is 0 Å². The molecule has 1 saturated heterocycles. The zero-order valence-corrected chi connectivity index (χ0v) is 14.1. The summed E-state index contributed by atoms with van der Waals surface area (Å²) in [4.78, 5) is 14.1. The Balaban J connectivity index is 1.80. The first-order valence-corrected chi connectivity index (χ1v) is 9.23. The summed E-state index contributed by atoms with van der Waals surface area (Å²) in [6.07, 6.45) is 1.87. The Labute approximate surface area is 137 Å². The second-order valence-corrected chi connectivity index (χ2v) is 7.43. The summed E-state index contributed by atoms with van der Waals surface area (Å²) in [5.74, 6) is 0.114. The molecule has 2 rings (SSSR count). The van der Waals surface area contributed by atoms with Crippen LogP contribution < -0.4 is 15.2 Å². The van der Waals surface area contributed by atoms with E-state index < -0.39 is 10.2 Å². The molecule has 0 radical (unpaired) electrons. The van der Waals surface area contributed by atoms with Crippen LogP contribution in [0, 0.1) is 12.8 Å². The van der Waals surface area contributed by atoms with Crippen LogP contribution in [0.4, 0.5) is 5.69 Å². The Morgan fingerprint density at radius 3 is 2.70 bits per heavy atom. The number of amides is 1. The van der Waals surface area contributed by atoms with E-state index in [1.807, 2.05) is 36.1 Å². The van der Waals surface area contributed by atoms with Crippen LogP contribution in [-0.4, -0.2) is 45.4 Å². The molecule has 0 unspecified atom stereocenters. The van der Waals surface area contributed by atoms with Gasteiger partial charge in [0.25, 0.3) is 10.2 Å². The molecule has 1 atom stereocenters. The van der Waals surface area contributed by atoms with E-state index in [1.165, 1.54) is 0 Å². The van der Waals surface area contributed by atoms with E-state index in [-0.39, 0.29) is 11.8 Å². The maximum atomic E-state index is 12.1. The van der Waals surface area contributed by atoms with Gasteiger partial charge in [-0.25, -0.2) is 9.86 Å². The minimum absolute atomic E-state index is 0.0612. The van der Waals surface area contributed by atoms with Crippen LogP contribution in [0.15, 0.2) is 24.3 Å². The summed E-state index contributed by atoms with van der Waals surface area (Å²) in [6, 6.07) is 7.65. The van der Waals surface area contributed by atoms with Crippen molar-refractivity contribution in [3.8, 4) is 0 Å². The number of carbonyl (C=O) groups excluding carboxylic acids is 1. The van der Waals surface area contributed by atoms with Gasteiger partial charge >= 0.3 is 0 Å². The quantitative estimate of drug-likeness (QED) is 0.699. The Bertz CT molecular complexity index is 631. The molecule has 1 heterocycles. The Hall–Kier alpha value is -1.48. The fourth-order valence-electron chi connectivity index (χ4n) is 2.74. The van der Waals surface area contributed by atoms with Gasteiger partial charge in [0.2, 0.25) is 5.91 Å². The van der Waals surface area contributed by atoms with Gasteiger partial charge in [0.15, 0.2) is 0 Å². The number of carbonyl (C=O) groups is 1. The molecule has 0 saturated carbocycles. The van der Waals surface area contributed by atoms with Crippen molar-refractivity contribution >= 4 is 21.8 Å². The zero-order valence-electron chi connectivity index (χ0n) is 13.3. The maximum Gasteiger partial charge on any atom is 0.274 e. The van der Waals surface area contributed by atoms with E-state index in [9.17, 15) is 13.2 Å². The summed E-state index contributed by atoms with van der Waals surface area (Å²) in [7, 11) is -3.66. The molecule has 8 heteroatoms. The Kier molecular flexibility index (Phi) is 6.11. The van der Waals surface area contributed by atoms with Crippen molar-refractivity contribution in [2.24, 2.45) is 11.1 Å². The second-order valence-electron chi connectivity index (χ2n) is 6.05. The number of benzene rings is 1. The number of hydrogen-bond acceptors (Lipinski definition) is 4. The van der Waals surface area contributed by atoms with E-state index >= 15 is 0 Å². The molecule has 0 aromatic heterocycles. The molecule has 1 aromatic carbocycles. The lowest BCUT2D eigenvalue weighted by atomic mass is 9.98. The van der Waals surface area contributed by atoms with Gasteiger partial charge in [0, 0.05) is 18.8 Å². The molecule has 128 valence electrons. The van der Waals surface area contributed by atoms with Gasteiger partial charge in [0.05, 0.1) is 6.54 Å². The molecule has 0 spiro atoms. The highest BCUT2D eigenvalue weighted by atomic mass is 32.2. The third kappa shape index (κ3) is 6.66. The summed E-state index contributed by atoms with van der Waals surface area (Å²) in [5, 5.41) is 7.82. The fourth-order valence-corrected chi connectivity index (χ4v) is 3.20. The van der Waals surface area contributed by atoms with Gasteiger partial charge in [-0.05, 0) is 44.4 Å². The van der Waals surface area contributed by atoms with Gasteiger partial charge in [-0.1, -0.05) is 17.7 Å². The number of nitrogens with one attached hydrogen (secondary N) is 2. The highest BCUT2D eigenvalue weighted by molar-refractivity contribution is 7.87. The van der Waals surface area contributed by atoms with E-state index in [0.717, 1.165) is 30.6 Å². The van der Waals surface area contributed by atoms with Crippen molar-refractivity contribution in [2.75, 3.05) is 31.5 Å². The van der Waals surface area contributed by atoms with Crippen LogP contribution in [0.1, 0.15) is 18.4 Å². The standard InChI is InChI=1S/C15H24N4O3S/c1-12-4-6-14(7-5-12)18-15(20)11-19-8-2-3-13(10-19)9-17-23(16,21)22/h4-7,13,17H,2-3,8-11H2,1H3,(H,18,20)(H2,16,21,22)/t13-/m1/s1. The lowest BCUT2D eigenvalue weighted by molar-refractivity contribution is -0.117. The summed E-state index contributed by atoms with van der Waals surface area (Å²) < 4.78 is 24.2. The highest BCUT2D eigenvalue weighted by Crippen LogP contribution is 2.16. The van der Waals surface area contributed by atoms with Gasteiger partial charge in [-0.2, -0.15) is 8.42 Å². The van der Waals surface area contributed by atoms with Crippen molar-refractivity contribution in [2.45, 2.75) is 19.8 Å². The minimum atomic E-state index is -3.66. The molecule has 1 aliphatic heterocycles. The van der Waals surface area contributed by atoms with Crippen LogP contribution in [-0.2, 0) is 15.0 Å². The summed E-state index contributed by atoms with van der Waals surface area (Å²) >= 11 is 0. The molecule has 4 N–H and O–H groups in total. The first-order valence-electron chi connectivity index (χ1n) is 7.68. The fraction of sp³-hybridized carbons (Fsp3) is 0.533. The first kappa shape index (κ1) is 17.9. The zero-order chi connectivity index (χ0) is 16.9. The average molecular weight is 340 g/mol. The molecule has 0 bridgehead atoms. The molecule has 1 aliphatic rings. The third-order valence-electron chi connectivity index (χ3n) is 3.88. The largest absolute Gasteiger partial charge is 0.325 e. The molecule has 1 fully saturated rings. The molecule has 7 nitrogen and oxygen atoms in total. The second kappa shape index (κ2) is 7.87. The van der Waals surface area contributed by atoms with Crippen molar-refractivity contribution in [3.05, 3.63) is 29.8 Å². The number of piperidine rings is 1. The van der Waals surface area contributed by atoms with E-state index in [4.69, 9.17) is 5.14 Å². The number of aryl methyl sites for hydroxylation is 1. The predicted molar refractivity (Wildman–Crippen MR) is 90.1 cm³/mol. The number of hydrogen-bond donors (Lipinski definition) is 3. The SMILES string of the molecule is Cc1ccc(NC(=O)CN2CCC[C@H](CNS(N)(=O)=O)C2)cc1. The van der Waals surface area contributed by atoms with Gasteiger partial charge in [0.1, 0.15) is 0 Å². The van der Waals surface area contributed by atoms with Crippen LogP contribution in [0.2, 0.25) is 0 Å². The van der Waals surface area contributed by atoms with E-state index in [1.54, 1.807) is 0 Å². The number of likely N-dealkylation sites (tertiary alicyclic amines) is 1. The predicted octanol–water partition coefficient (Wildman–Crippen LogP) is 0.439. The highest BCUT2D eigenvalue weighted by Gasteiger charge is 2.22. The minimum Gasteiger partial charge on any atom is -0.325 e. The van der Waals surface area contributed by atoms with Crippen molar-refractivity contribution in [1.82, 2.24) is 9.62 Å². The normalized spacial score (nSPS) is 19.5. The molecular weight excluding hydrogens is 316 g/mol. The molecule has 1 amide bonds. The topological polar surface area (TPSA) is 105 Å². The number of nitrogens with zero attached hydrogens (tertiary/aromatic N) is 1. The summed E-state index contributed by atoms with van der Waals surface area (Å²) in [6.45, 7) is 4.14. The van der Waals surface area contributed by atoms with Crippen LogP contribution in [0.25, 0.3) is 0 Å².